The minimum absolute atomic E-state index is 0.107. The number of carbonyl (C=O) groups is 2. The van der Waals surface area contributed by atoms with E-state index in [4.69, 9.17) is 0 Å². The van der Waals surface area contributed by atoms with Gasteiger partial charge in [-0.1, -0.05) is 39.8 Å². The van der Waals surface area contributed by atoms with Gasteiger partial charge in [0.1, 0.15) is 5.82 Å². The van der Waals surface area contributed by atoms with Crippen molar-refractivity contribution in [2.45, 2.75) is 47.1 Å². The lowest BCUT2D eigenvalue weighted by atomic mass is 9.95. The van der Waals surface area contributed by atoms with Crippen molar-refractivity contribution in [3.8, 4) is 0 Å². The Balaban J connectivity index is 1.83. The van der Waals surface area contributed by atoms with Crippen LogP contribution in [0.4, 0.5) is 15.8 Å². The molecule has 0 radical (unpaired) electrons. The van der Waals surface area contributed by atoms with Crippen LogP contribution in [0.15, 0.2) is 42.5 Å². The average molecular weight is 426 g/mol. The first kappa shape index (κ1) is 22.8. The molecule has 166 valence electrons. The number of amides is 2. The van der Waals surface area contributed by atoms with Crippen LogP contribution in [0.3, 0.4) is 0 Å². The molecule has 1 heterocycles. The molecule has 0 bridgehead atoms. The molecule has 2 amide bonds. The van der Waals surface area contributed by atoms with E-state index in [1.165, 1.54) is 12.1 Å². The van der Waals surface area contributed by atoms with Crippen LogP contribution < -0.4 is 15.5 Å². The number of nitrogens with one attached hydrogen (secondary N) is 2. The molecule has 1 saturated heterocycles. The van der Waals surface area contributed by atoms with Crippen LogP contribution in [0.5, 0.6) is 0 Å². The predicted octanol–water partition coefficient (Wildman–Crippen LogP) is 4.98. The second kappa shape index (κ2) is 9.50. The van der Waals surface area contributed by atoms with Crippen LogP contribution in [0.1, 0.15) is 56.5 Å². The van der Waals surface area contributed by atoms with E-state index in [1.807, 2.05) is 32.9 Å². The van der Waals surface area contributed by atoms with Gasteiger partial charge in [0.25, 0.3) is 5.91 Å². The molecule has 6 heteroatoms. The van der Waals surface area contributed by atoms with E-state index in [9.17, 15) is 14.0 Å². The van der Waals surface area contributed by atoms with Crippen LogP contribution in [-0.4, -0.2) is 24.9 Å². The highest BCUT2D eigenvalue weighted by atomic mass is 19.1. The summed E-state index contributed by atoms with van der Waals surface area (Å²) in [5.41, 5.74) is 2.29. The molecule has 2 aromatic carbocycles. The average Bonchev–Trinajstić information content (AvgIpc) is 2.73. The van der Waals surface area contributed by atoms with Gasteiger partial charge in [0.15, 0.2) is 0 Å². The van der Waals surface area contributed by atoms with Gasteiger partial charge >= 0.3 is 0 Å². The van der Waals surface area contributed by atoms with E-state index in [1.54, 1.807) is 18.2 Å². The number of benzene rings is 2. The standard InChI is InChI=1S/C25H32FN3O2/c1-17-11-13-29(14-12-17)22-10-9-20(28-24(31)25(2,3)4)15-21(22)23(30)27-16-18-5-7-19(26)8-6-18/h5-10,15,17H,11-14,16H2,1-4H3,(H,27,30)(H,28,31). The third-order valence-corrected chi connectivity index (χ3v) is 5.67. The topological polar surface area (TPSA) is 61.4 Å². The van der Waals surface area contributed by atoms with E-state index < -0.39 is 5.41 Å². The normalized spacial score (nSPS) is 14.9. The predicted molar refractivity (Wildman–Crippen MR) is 123 cm³/mol. The Labute approximate surface area is 184 Å². The zero-order chi connectivity index (χ0) is 22.6. The van der Waals surface area contributed by atoms with Gasteiger partial charge in [-0.15, -0.1) is 0 Å². The number of rotatable bonds is 5. The summed E-state index contributed by atoms with van der Waals surface area (Å²) < 4.78 is 13.1. The molecule has 1 fully saturated rings. The number of hydrogen-bond acceptors (Lipinski definition) is 3. The van der Waals surface area contributed by atoms with E-state index in [-0.39, 0.29) is 17.6 Å². The van der Waals surface area contributed by atoms with Gasteiger partial charge < -0.3 is 15.5 Å². The van der Waals surface area contributed by atoms with Crippen molar-refractivity contribution in [2.75, 3.05) is 23.3 Å². The lowest BCUT2D eigenvalue weighted by Gasteiger charge is -2.33. The maximum Gasteiger partial charge on any atom is 0.253 e. The molecule has 31 heavy (non-hydrogen) atoms. The first-order valence-corrected chi connectivity index (χ1v) is 10.9. The Morgan fingerprint density at radius 2 is 1.71 bits per heavy atom. The van der Waals surface area contributed by atoms with Crippen LogP contribution >= 0.6 is 0 Å². The quantitative estimate of drug-likeness (QED) is 0.710. The van der Waals surface area contributed by atoms with Gasteiger partial charge in [0, 0.05) is 36.4 Å². The Kier molecular flexibility index (Phi) is 6.98. The monoisotopic (exact) mass is 425 g/mol. The number of anilines is 2. The summed E-state index contributed by atoms with van der Waals surface area (Å²) in [4.78, 5) is 27.8. The van der Waals surface area contributed by atoms with Crippen LogP contribution in [0.2, 0.25) is 0 Å². The van der Waals surface area contributed by atoms with Crippen LogP contribution in [0, 0.1) is 17.2 Å². The lowest BCUT2D eigenvalue weighted by Crippen LogP contribution is -2.35. The molecular weight excluding hydrogens is 393 g/mol. The largest absolute Gasteiger partial charge is 0.371 e. The zero-order valence-electron chi connectivity index (χ0n) is 18.8. The summed E-state index contributed by atoms with van der Waals surface area (Å²) >= 11 is 0. The van der Waals surface area contributed by atoms with E-state index in [0.717, 1.165) is 37.2 Å². The van der Waals surface area contributed by atoms with E-state index in [2.05, 4.69) is 22.5 Å². The summed E-state index contributed by atoms with van der Waals surface area (Å²) in [5.74, 6) is 0.0471. The molecule has 0 aliphatic carbocycles. The highest BCUT2D eigenvalue weighted by Gasteiger charge is 2.24. The number of halogens is 1. The fourth-order valence-corrected chi connectivity index (χ4v) is 3.52. The summed E-state index contributed by atoms with van der Waals surface area (Å²) in [5, 5.41) is 5.85. The molecule has 2 aromatic rings. The Morgan fingerprint density at radius 1 is 1.06 bits per heavy atom. The fraction of sp³-hybridized carbons (Fsp3) is 0.440. The first-order chi connectivity index (χ1) is 14.6. The first-order valence-electron chi connectivity index (χ1n) is 10.9. The van der Waals surface area contributed by atoms with Crippen LogP contribution in [-0.2, 0) is 11.3 Å². The van der Waals surface area contributed by atoms with Crippen LogP contribution in [0.25, 0.3) is 0 Å². The van der Waals surface area contributed by atoms with Gasteiger partial charge in [0.2, 0.25) is 5.91 Å². The van der Waals surface area contributed by atoms with Crippen molar-refractivity contribution in [3.63, 3.8) is 0 Å². The molecule has 0 saturated carbocycles. The SMILES string of the molecule is CC1CCN(c2ccc(NC(=O)C(C)(C)C)cc2C(=O)NCc2ccc(F)cc2)CC1. The molecule has 3 rings (SSSR count). The third-order valence-electron chi connectivity index (χ3n) is 5.67. The second-order valence-corrected chi connectivity index (χ2v) is 9.41. The molecule has 1 aliphatic rings. The lowest BCUT2D eigenvalue weighted by molar-refractivity contribution is -0.123. The van der Waals surface area contributed by atoms with Gasteiger partial charge in [0.05, 0.1) is 5.56 Å². The summed E-state index contributed by atoms with van der Waals surface area (Å²) in [6.07, 6.45) is 2.16. The minimum atomic E-state index is -0.535. The molecule has 1 aliphatic heterocycles. The van der Waals surface area contributed by atoms with Gasteiger partial charge in [-0.25, -0.2) is 4.39 Å². The number of hydrogen-bond donors (Lipinski definition) is 2. The summed E-state index contributed by atoms with van der Waals surface area (Å²) in [6, 6.07) is 11.6. The van der Waals surface area contributed by atoms with Crippen molar-refractivity contribution in [1.82, 2.24) is 5.32 Å². The van der Waals surface area contributed by atoms with Crippen molar-refractivity contribution >= 4 is 23.2 Å². The Hall–Kier alpha value is -2.89. The minimum Gasteiger partial charge on any atom is -0.371 e. The van der Waals surface area contributed by atoms with Crippen molar-refractivity contribution in [2.24, 2.45) is 11.3 Å². The molecule has 0 atom stereocenters. The second-order valence-electron chi connectivity index (χ2n) is 9.41. The molecule has 2 N–H and O–H groups in total. The maximum atomic E-state index is 13.1. The van der Waals surface area contributed by atoms with Crippen molar-refractivity contribution in [3.05, 3.63) is 59.4 Å². The summed E-state index contributed by atoms with van der Waals surface area (Å²) in [7, 11) is 0. The van der Waals surface area contributed by atoms with Gasteiger partial charge in [-0.2, -0.15) is 0 Å². The molecule has 5 nitrogen and oxygen atoms in total. The van der Waals surface area contributed by atoms with Gasteiger partial charge in [-0.3, -0.25) is 9.59 Å². The molecular formula is C25H32FN3O2. The van der Waals surface area contributed by atoms with Crippen molar-refractivity contribution < 1.29 is 14.0 Å². The summed E-state index contributed by atoms with van der Waals surface area (Å²) in [6.45, 7) is 9.89. The van der Waals surface area contributed by atoms with Gasteiger partial charge in [-0.05, 0) is 54.7 Å². The smallest absolute Gasteiger partial charge is 0.253 e. The molecule has 0 spiro atoms. The number of carbonyl (C=O) groups excluding carboxylic acids is 2. The van der Waals surface area contributed by atoms with E-state index in [0.29, 0.717) is 23.7 Å². The highest BCUT2D eigenvalue weighted by molar-refractivity contribution is 6.02. The fourth-order valence-electron chi connectivity index (χ4n) is 3.52. The molecule has 0 unspecified atom stereocenters. The van der Waals surface area contributed by atoms with Crippen molar-refractivity contribution in [1.29, 1.82) is 0 Å². The third kappa shape index (κ3) is 6.06. The molecule has 0 aromatic heterocycles. The highest BCUT2D eigenvalue weighted by Crippen LogP contribution is 2.29. The Bertz CT molecular complexity index is 927. The van der Waals surface area contributed by atoms with E-state index >= 15 is 0 Å². The Morgan fingerprint density at radius 3 is 2.32 bits per heavy atom. The number of nitrogens with zero attached hydrogens (tertiary/aromatic N) is 1. The number of piperidine rings is 1. The maximum absolute atomic E-state index is 13.1. The zero-order valence-corrected chi connectivity index (χ0v) is 18.8.